The van der Waals surface area contributed by atoms with Gasteiger partial charge in [-0.1, -0.05) is 6.92 Å². The molecule has 1 fully saturated rings. The Hall–Kier alpha value is -1.39. The van der Waals surface area contributed by atoms with E-state index in [0.29, 0.717) is 11.9 Å². The predicted molar refractivity (Wildman–Crippen MR) is 55.3 cm³/mol. The molecular weight excluding hydrogens is 192 g/mol. The molecule has 1 amide bonds. The summed E-state index contributed by atoms with van der Waals surface area (Å²) in [5, 5.41) is 6.33. The van der Waals surface area contributed by atoms with Gasteiger partial charge in [-0.2, -0.15) is 5.10 Å². The minimum absolute atomic E-state index is 0.0148. The summed E-state index contributed by atoms with van der Waals surface area (Å²) in [7, 11) is 0. The summed E-state index contributed by atoms with van der Waals surface area (Å²) < 4.78 is 0. The van der Waals surface area contributed by atoms with Crippen LogP contribution in [0, 0.1) is 0 Å². The molecule has 1 aromatic heterocycles. The Kier molecular flexibility index (Phi) is 2.99. The number of rotatable bonds is 2. The molecule has 1 aliphatic heterocycles. The number of nitrogens with one attached hydrogen (secondary N) is 1. The largest absolute Gasteiger partial charge is 0.333 e. The lowest BCUT2D eigenvalue weighted by atomic mass is 10.00. The lowest BCUT2D eigenvalue weighted by Crippen LogP contribution is -2.43. The Morgan fingerprint density at radius 2 is 2.53 bits per heavy atom. The molecule has 5 nitrogen and oxygen atoms in total. The van der Waals surface area contributed by atoms with Gasteiger partial charge in [0, 0.05) is 12.6 Å². The van der Waals surface area contributed by atoms with Crippen molar-refractivity contribution in [3.63, 3.8) is 0 Å². The highest BCUT2D eigenvalue weighted by Gasteiger charge is 2.27. The average molecular weight is 208 g/mol. The first kappa shape index (κ1) is 10.1. The van der Waals surface area contributed by atoms with Crippen molar-refractivity contribution < 1.29 is 4.79 Å². The molecule has 1 aliphatic rings. The number of hydrogen-bond donors (Lipinski definition) is 1. The fourth-order valence-corrected chi connectivity index (χ4v) is 2.14. The molecule has 0 aromatic carbocycles. The second-order valence-corrected chi connectivity index (χ2v) is 3.89. The summed E-state index contributed by atoms with van der Waals surface area (Å²) in [6, 6.07) is 0.372. The van der Waals surface area contributed by atoms with Crippen molar-refractivity contribution in [2.75, 3.05) is 6.54 Å². The van der Waals surface area contributed by atoms with Gasteiger partial charge in [0.05, 0.1) is 0 Å². The molecule has 0 spiro atoms. The van der Waals surface area contributed by atoms with Crippen LogP contribution in [0.5, 0.6) is 0 Å². The van der Waals surface area contributed by atoms with Crippen molar-refractivity contribution >= 4 is 5.91 Å². The van der Waals surface area contributed by atoms with E-state index in [1.165, 1.54) is 12.7 Å². The van der Waals surface area contributed by atoms with Gasteiger partial charge in [-0.15, -0.1) is 0 Å². The van der Waals surface area contributed by atoms with Gasteiger partial charge >= 0.3 is 0 Å². The molecule has 2 rings (SSSR count). The number of carbonyl (C=O) groups is 1. The third kappa shape index (κ3) is 2.00. The Labute approximate surface area is 88.9 Å². The third-order valence-electron chi connectivity index (χ3n) is 2.98. The zero-order chi connectivity index (χ0) is 10.7. The number of piperidine rings is 1. The van der Waals surface area contributed by atoms with Gasteiger partial charge in [-0.25, -0.2) is 4.98 Å². The van der Waals surface area contributed by atoms with E-state index in [2.05, 4.69) is 22.1 Å². The maximum atomic E-state index is 12.0. The van der Waals surface area contributed by atoms with Gasteiger partial charge in [0.15, 0.2) is 0 Å². The first-order valence-electron chi connectivity index (χ1n) is 5.49. The number of aromatic nitrogens is 3. The molecule has 5 heteroatoms. The predicted octanol–water partition coefficient (Wildman–Crippen LogP) is 1.21. The summed E-state index contributed by atoms with van der Waals surface area (Å²) in [6.45, 7) is 2.97. The lowest BCUT2D eigenvalue weighted by Gasteiger charge is -2.34. The molecule has 0 saturated carbocycles. The third-order valence-corrected chi connectivity index (χ3v) is 2.98. The minimum Gasteiger partial charge on any atom is -0.333 e. The van der Waals surface area contributed by atoms with Gasteiger partial charge in [-0.05, 0) is 25.7 Å². The molecule has 1 N–H and O–H groups in total. The van der Waals surface area contributed by atoms with Crippen LogP contribution in [-0.2, 0) is 0 Å². The lowest BCUT2D eigenvalue weighted by molar-refractivity contribution is 0.0596. The first-order valence-corrected chi connectivity index (χ1v) is 5.49. The summed E-state index contributed by atoms with van der Waals surface area (Å²) >= 11 is 0. The van der Waals surface area contributed by atoms with E-state index >= 15 is 0 Å². The maximum Gasteiger partial charge on any atom is 0.291 e. The number of nitrogens with zero attached hydrogens (tertiary/aromatic N) is 3. The topological polar surface area (TPSA) is 61.9 Å². The van der Waals surface area contributed by atoms with Crippen LogP contribution in [0.25, 0.3) is 0 Å². The number of likely N-dealkylation sites (tertiary alicyclic amines) is 1. The highest BCUT2D eigenvalue weighted by atomic mass is 16.2. The zero-order valence-electron chi connectivity index (χ0n) is 8.94. The van der Waals surface area contributed by atoms with E-state index in [1.54, 1.807) is 0 Å². The highest BCUT2D eigenvalue weighted by molar-refractivity contribution is 5.90. The van der Waals surface area contributed by atoms with E-state index in [9.17, 15) is 4.79 Å². The van der Waals surface area contributed by atoms with Crippen LogP contribution in [0.4, 0.5) is 0 Å². The Bertz CT molecular complexity index is 322. The molecule has 2 heterocycles. The zero-order valence-corrected chi connectivity index (χ0v) is 8.94. The van der Waals surface area contributed by atoms with Gasteiger partial charge in [0.1, 0.15) is 6.33 Å². The SMILES string of the molecule is CCC1CCCCN1C(=O)c1ncn[nH]1. The molecule has 1 atom stereocenters. The average Bonchev–Trinajstić information content (AvgIpc) is 2.81. The van der Waals surface area contributed by atoms with Crippen LogP contribution < -0.4 is 0 Å². The number of carbonyl (C=O) groups excluding carboxylic acids is 1. The van der Waals surface area contributed by atoms with Crippen LogP contribution in [-0.4, -0.2) is 38.6 Å². The van der Waals surface area contributed by atoms with Crippen molar-refractivity contribution in [3.05, 3.63) is 12.2 Å². The van der Waals surface area contributed by atoms with E-state index in [0.717, 1.165) is 25.8 Å². The van der Waals surface area contributed by atoms with Crippen LogP contribution >= 0.6 is 0 Å². The highest BCUT2D eigenvalue weighted by Crippen LogP contribution is 2.20. The van der Waals surface area contributed by atoms with Crippen LogP contribution in [0.15, 0.2) is 6.33 Å². The monoisotopic (exact) mass is 208 g/mol. The van der Waals surface area contributed by atoms with E-state index in [-0.39, 0.29) is 5.91 Å². The summed E-state index contributed by atoms with van der Waals surface area (Å²) in [6.07, 6.45) is 5.81. The second kappa shape index (κ2) is 4.42. The molecule has 0 bridgehead atoms. The van der Waals surface area contributed by atoms with Crippen molar-refractivity contribution in [3.8, 4) is 0 Å². The van der Waals surface area contributed by atoms with Crippen LogP contribution in [0.1, 0.15) is 43.2 Å². The number of hydrogen-bond acceptors (Lipinski definition) is 3. The Morgan fingerprint density at radius 1 is 1.67 bits per heavy atom. The molecule has 0 radical (unpaired) electrons. The minimum atomic E-state index is -0.0148. The molecule has 1 unspecified atom stereocenters. The van der Waals surface area contributed by atoms with Crippen molar-refractivity contribution in [1.29, 1.82) is 0 Å². The molecule has 0 aliphatic carbocycles. The number of H-pyrrole nitrogens is 1. The van der Waals surface area contributed by atoms with Gasteiger partial charge in [0.2, 0.25) is 5.82 Å². The first-order chi connectivity index (χ1) is 7.33. The van der Waals surface area contributed by atoms with Crippen LogP contribution in [0.3, 0.4) is 0 Å². The standard InChI is InChI=1S/C10H16N4O/c1-2-8-5-3-4-6-14(8)10(15)9-11-7-12-13-9/h7-8H,2-6H2,1H3,(H,11,12,13). The van der Waals surface area contributed by atoms with E-state index < -0.39 is 0 Å². The van der Waals surface area contributed by atoms with E-state index in [1.807, 2.05) is 4.90 Å². The van der Waals surface area contributed by atoms with E-state index in [4.69, 9.17) is 0 Å². The van der Waals surface area contributed by atoms with Crippen molar-refractivity contribution in [2.24, 2.45) is 0 Å². The molecule has 82 valence electrons. The normalized spacial score (nSPS) is 21.7. The van der Waals surface area contributed by atoms with Crippen molar-refractivity contribution in [1.82, 2.24) is 20.1 Å². The van der Waals surface area contributed by atoms with Gasteiger partial charge in [-0.3, -0.25) is 9.89 Å². The smallest absolute Gasteiger partial charge is 0.291 e. The van der Waals surface area contributed by atoms with Crippen molar-refractivity contribution in [2.45, 2.75) is 38.6 Å². The summed E-state index contributed by atoms with van der Waals surface area (Å²) in [5.74, 6) is 0.342. The second-order valence-electron chi connectivity index (χ2n) is 3.89. The molecule has 1 saturated heterocycles. The summed E-state index contributed by atoms with van der Waals surface area (Å²) in [5.41, 5.74) is 0. The summed E-state index contributed by atoms with van der Waals surface area (Å²) in [4.78, 5) is 17.8. The Balaban J connectivity index is 2.11. The Morgan fingerprint density at radius 3 is 3.20 bits per heavy atom. The fourth-order valence-electron chi connectivity index (χ4n) is 2.14. The quantitative estimate of drug-likeness (QED) is 0.794. The molecule has 1 aromatic rings. The van der Waals surface area contributed by atoms with Gasteiger partial charge < -0.3 is 4.90 Å². The van der Waals surface area contributed by atoms with Crippen LogP contribution in [0.2, 0.25) is 0 Å². The fraction of sp³-hybridized carbons (Fsp3) is 0.700. The molecular formula is C10H16N4O. The number of aromatic amines is 1. The molecule has 15 heavy (non-hydrogen) atoms. The number of amides is 1. The maximum absolute atomic E-state index is 12.0. The van der Waals surface area contributed by atoms with Gasteiger partial charge in [0.25, 0.3) is 5.91 Å².